The molecule has 1 aliphatic heterocycles. The Balaban J connectivity index is 2.04. The van der Waals surface area contributed by atoms with Crippen molar-refractivity contribution < 1.29 is 22.7 Å². The summed E-state index contributed by atoms with van der Waals surface area (Å²) in [6.45, 7) is 2.00. The van der Waals surface area contributed by atoms with E-state index in [1.54, 1.807) is 29.2 Å². The fourth-order valence-corrected chi connectivity index (χ4v) is 5.19. The molecule has 1 amide bonds. The first-order valence-electron chi connectivity index (χ1n) is 8.12. The van der Waals surface area contributed by atoms with Crippen molar-refractivity contribution in [1.82, 2.24) is 0 Å². The Kier molecular flexibility index (Phi) is 5.34. The predicted molar refractivity (Wildman–Crippen MR) is 106 cm³/mol. The number of nitrogens with zero attached hydrogens (tertiary/aromatic N) is 1. The van der Waals surface area contributed by atoms with Crippen molar-refractivity contribution in [2.45, 2.75) is 18.2 Å². The molecule has 1 heterocycles. The average molecular weight is 455 g/mol. The minimum Gasteiger partial charge on any atom is -0.497 e. The van der Waals surface area contributed by atoms with Gasteiger partial charge in [0.25, 0.3) is 10.0 Å². The maximum Gasteiger partial charge on any atom is 0.263 e. The number of methoxy groups -OCH3 is 2. The lowest BCUT2D eigenvalue weighted by Gasteiger charge is -2.18. The van der Waals surface area contributed by atoms with E-state index in [0.29, 0.717) is 34.6 Å². The second-order valence-corrected chi connectivity index (χ2v) is 8.51. The lowest BCUT2D eigenvalue weighted by molar-refractivity contribution is -0.116. The Morgan fingerprint density at radius 2 is 1.93 bits per heavy atom. The molecule has 0 aromatic heterocycles. The molecule has 0 spiro atoms. The van der Waals surface area contributed by atoms with E-state index >= 15 is 0 Å². The zero-order chi connectivity index (χ0) is 19.8. The second kappa shape index (κ2) is 7.40. The number of fused-ring (bicyclic) bond motifs is 1. The number of nitrogens with one attached hydrogen (secondary N) is 1. The first-order chi connectivity index (χ1) is 12.8. The number of ether oxygens (including phenoxy) is 2. The largest absolute Gasteiger partial charge is 0.497 e. The van der Waals surface area contributed by atoms with Crippen LogP contribution < -0.4 is 19.1 Å². The number of carbonyl (C=O) groups is 1. The number of benzene rings is 2. The van der Waals surface area contributed by atoms with Gasteiger partial charge in [0.1, 0.15) is 16.4 Å². The topological polar surface area (TPSA) is 84.9 Å². The van der Waals surface area contributed by atoms with Crippen LogP contribution in [0.2, 0.25) is 0 Å². The van der Waals surface area contributed by atoms with Crippen LogP contribution in [0, 0.1) is 0 Å². The Bertz CT molecular complexity index is 1010. The second-order valence-electron chi connectivity index (χ2n) is 6.00. The zero-order valence-electron chi connectivity index (χ0n) is 15.1. The number of sulfonamides is 1. The smallest absolute Gasteiger partial charge is 0.263 e. The molecule has 0 radical (unpaired) electrons. The molecule has 0 saturated carbocycles. The maximum absolute atomic E-state index is 13.0. The van der Waals surface area contributed by atoms with E-state index in [1.807, 2.05) is 0 Å². The van der Waals surface area contributed by atoms with Crippen LogP contribution in [0.1, 0.15) is 12.5 Å². The number of hydrogen-bond acceptors (Lipinski definition) is 5. The molecule has 27 heavy (non-hydrogen) atoms. The summed E-state index contributed by atoms with van der Waals surface area (Å²) in [7, 11) is -0.995. The Morgan fingerprint density at radius 3 is 2.56 bits per heavy atom. The normalized spacial score (nSPS) is 13.3. The van der Waals surface area contributed by atoms with Crippen molar-refractivity contribution in [3.05, 3.63) is 40.4 Å². The third-order valence-corrected chi connectivity index (χ3v) is 6.67. The maximum atomic E-state index is 13.0. The van der Waals surface area contributed by atoms with Crippen LogP contribution in [0.15, 0.2) is 39.7 Å². The highest BCUT2D eigenvalue weighted by Crippen LogP contribution is 2.37. The van der Waals surface area contributed by atoms with E-state index in [4.69, 9.17) is 9.47 Å². The molecule has 2 aromatic carbocycles. The zero-order valence-corrected chi connectivity index (χ0v) is 17.5. The van der Waals surface area contributed by atoms with Crippen LogP contribution in [-0.4, -0.2) is 35.1 Å². The summed E-state index contributed by atoms with van der Waals surface area (Å²) in [6.07, 6.45) is 0.685. The van der Waals surface area contributed by atoms with Crippen LogP contribution >= 0.6 is 15.9 Å². The highest BCUT2D eigenvalue weighted by molar-refractivity contribution is 9.10. The summed E-state index contributed by atoms with van der Waals surface area (Å²) in [6, 6.07) is 8.09. The molecule has 1 N–H and O–H groups in total. The Labute approximate surface area is 166 Å². The lowest BCUT2D eigenvalue weighted by atomic mass is 10.2. The lowest BCUT2D eigenvalue weighted by Crippen LogP contribution is -2.26. The van der Waals surface area contributed by atoms with E-state index in [0.717, 1.165) is 5.56 Å². The van der Waals surface area contributed by atoms with Crippen molar-refractivity contribution >= 4 is 43.2 Å². The number of hydrogen-bond donors (Lipinski definition) is 1. The molecule has 2 aromatic rings. The standard InChI is InChI=1S/C18H19BrN2O5S/c1-11(22)21-7-6-12-8-14(19)18(10-16(12)21)27(23,24)20-15-9-13(25-2)4-5-17(15)26-3/h4-5,8-10,20H,6-7H2,1-3H3. The first kappa shape index (κ1) is 19.5. The van der Waals surface area contributed by atoms with E-state index in [2.05, 4.69) is 20.7 Å². The Morgan fingerprint density at radius 1 is 1.19 bits per heavy atom. The van der Waals surface area contributed by atoms with Crippen LogP contribution in [0.25, 0.3) is 0 Å². The summed E-state index contributed by atoms with van der Waals surface area (Å²) < 4.78 is 39.4. The average Bonchev–Trinajstić information content (AvgIpc) is 3.03. The molecule has 0 atom stereocenters. The van der Waals surface area contributed by atoms with Crippen LogP contribution in [0.5, 0.6) is 11.5 Å². The minimum absolute atomic E-state index is 0.0410. The van der Waals surface area contributed by atoms with Crippen molar-refractivity contribution in [3.63, 3.8) is 0 Å². The molecule has 0 aliphatic carbocycles. The summed E-state index contributed by atoms with van der Waals surface area (Å²) in [5, 5.41) is 0. The summed E-state index contributed by atoms with van der Waals surface area (Å²) in [5.41, 5.74) is 1.80. The highest BCUT2D eigenvalue weighted by atomic mass is 79.9. The molecule has 7 nitrogen and oxygen atoms in total. The third-order valence-electron chi connectivity index (χ3n) is 4.35. The number of anilines is 2. The molecule has 3 rings (SSSR count). The summed E-state index contributed by atoms with van der Waals surface area (Å²) in [4.78, 5) is 13.4. The molecular formula is C18H19BrN2O5S. The number of carbonyl (C=O) groups excluding carboxylic acids is 1. The molecule has 0 saturated heterocycles. The SMILES string of the molecule is COc1ccc(OC)c(NS(=O)(=O)c2cc3c(cc2Br)CCN3C(C)=O)c1. The van der Waals surface area contributed by atoms with Crippen molar-refractivity contribution in [1.29, 1.82) is 0 Å². The monoisotopic (exact) mass is 454 g/mol. The highest BCUT2D eigenvalue weighted by Gasteiger charge is 2.28. The number of halogens is 1. The molecule has 9 heteroatoms. The summed E-state index contributed by atoms with van der Waals surface area (Å²) >= 11 is 3.34. The van der Waals surface area contributed by atoms with E-state index in [9.17, 15) is 13.2 Å². The Hall–Kier alpha value is -2.26. The van der Waals surface area contributed by atoms with Gasteiger partial charge < -0.3 is 14.4 Å². The van der Waals surface area contributed by atoms with Gasteiger partial charge in [-0.3, -0.25) is 9.52 Å². The predicted octanol–water partition coefficient (Wildman–Crippen LogP) is 3.18. The van der Waals surface area contributed by atoms with Gasteiger partial charge in [-0.05, 0) is 52.2 Å². The van der Waals surface area contributed by atoms with Crippen molar-refractivity contribution in [3.8, 4) is 11.5 Å². The molecule has 144 valence electrons. The van der Waals surface area contributed by atoms with E-state index in [-0.39, 0.29) is 16.5 Å². The molecule has 0 bridgehead atoms. The van der Waals surface area contributed by atoms with Gasteiger partial charge in [0.15, 0.2) is 0 Å². The summed E-state index contributed by atoms with van der Waals surface area (Å²) in [5.74, 6) is 0.730. The van der Waals surface area contributed by atoms with Crippen molar-refractivity contribution in [2.75, 3.05) is 30.4 Å². The van der Waals surface area contributed by atoms with Gasteiger partial charge in [0.2, 0.25) is 5.91 Å². The van der Waals surface area contributed by atoms with Gasteiger partial charge >= 0.3 is 0 Å². The van der Waals surface area contributed by atoms with Gasteiger partial charge in [-0.25, -0.2) is 8.42 Å². The molecule has 0 fully saturated rings. The van der Waals surface area contributed by atoms with Crippen LogP contribution in [0.4, 0.5) is 11.4 Å². The quantitative estimate of drug-likeness (QED) is 0.749. The van der Waals surface area contributed by atoms with Gasteiger partial charge in [-0.2, -0.15) is 0 Å². The molecular weight excluding hydrogens is 436 g/mol. The van der Waals surface area contributed by atoms with Gasteiger partial charge in [0.05, 0.1) is 19.9 Å². The van der Waals surface area contributed by atoms with Crippen molar-refractivity contribution in [2.24, 2.45) is 0 Å². The van der Waals surface area contributed by atoms with Gasteiger partial charge in [0, 0.05) is 29.7 Å². The van der Waals surface area contributed by atoms with Gasteiger partial charge in [-0.1, -0.05) is 0 Å². The van der Waals surface area contributed by atoms with Crippen LogP contribution in [-0.2, 0) is 21.2 Å². The first-order valence-corrected chi connectivity index (χ1v) is 10.4. The number of rotatable bonds is 5. The fourth-order valence-electron chi connectivity index (χ4n) is 3.01. The molecule has 1 aliphatic rings. The van der Waals surface area contributed by atoms with Crippen LogP contribution in [0.3, 0.4) is 0 Å². The number of amides is 1. The van der Waals surface area contributed by atoms with Gasteiger partial charge in [-0.15, -0.1) is 0 Å². The third kappa shape index (κ3) is 3.74. The van der Waals surface area contributed by atoms with E-state index in [1.165, 1.54) is 27.2 Å². The minimum atomic E-state index is -3.94. The molecule has 0 unspecified atom stereocenters. The van der Waals surface area contributed by atoms with E-state index < -0.39 is 10.0 Å². The fraction of sp³-hybridized carbons (Fsp3) is 0.278.